The van der Waals surface area contributed by atoms with E-state index in [9.17, 15) is 23.4 Å². The maximum absolute atomic E-state index is 11.7. The second-order valence-electron chi connectivity index (χ2n) is 5.71. The minimum Gasteiger partial charge on any atom is -0.480 e. The molecule has 2 N–H and O–H groups in total. The lowest BCUT2D eigenvalue weighted by Gasteiger charge is -2.39. The molecule has 7 heteroatoms. The van der Waals surface area contributed by atoms with Crippen molar-refractivity contribution < 1.29 is 23.4 Å². The van der Waals surface area contributed by atoms with Crippen molar-refractivity contribution in [1.82, 2.24) is 4.90 Å². The summed E-state index contributed by atoms with van der Waals surface area (Å²) < 4.78 is 23.4. The molecule has 0 aromatic heterocycles. The number of carboxylic acid groups (broad SMARTS) is 1. The number of aliphatic hydroxyl groups is 1. The fraction of sp³-hybridized carbons (Fsp3) is 0.500. The standard InChI is InChI=1S/C14H17NO5S/c16-13-8-21(19,20)7-12(13)15-6-10-4-2-1-3-9(10)5-11(15)14(17)18/h1-4,11-13,16H,5-8H2,(H,17,18). The van der Waals surface area contributed by atoms with E-state index in [4.69, 9.17) is 0 Å². The molecular formula is C14H17NO5S. The first-order valence-electron chi connectivity index (χ1n) is 6.81. The van der Waals surface area contributed by atoms with Crippen LogP contribution < -0.4 is 0 Å². The molecule has 6 nitrogen and oxygen atoms in total. The lowest BCUT2D eigenvalue weighted by molar-refractivity contribution is -0.145. The molecule has 0 aliphatic carbocycles. The Labute approximate surface area is 122 Å². The van der Waals surface area contributed by atoms with Gasteiger partial charge in [-0.25, -0.2) is 8.42 Å². The summed E-state index contributed by atoms with van der Waals surface area (Å²) in [6.07, 6.45) is -0.698. The summed E-state index contributed by atoms with van der Waals surface area (Å²) in [4.78, 5) is 13.2. The number of hydrogen-bond donors (Lipinski definition) is 2. The minimum absolute atomic E-state index is 0.180. The molecule has 2 aliphatic heterocycles. The third kappa shape index (κ3) is 2.68. The smallest absolute Gasteiger partial charge is 0.321 e. The molecule has 2 aliphatic rings. The first-order chi connectivity index (χ1) is 9.87. The quantitative estimate of drug-likeness (QED) is 0.775. The molecule has 0 amide bonds. The summed E-state index contributed by atoms with van der Waals surface area (Å²) in [6, 6.07) is 6.10. The molecule has 2 heterocycles. The average Bonchev–Trinajstić information content (AvgIpc) is 2.70. The molecule has 1 saturated heterocycles. The molecule has 1 aromatic carbocycles. The van der Waals surface area contributed by atoms with Crippen molar-refractivity contribution in [2.75, 3.05) is 11.5 Å². The summed E-state index contributed by atoms with van der Waals surface area (Å²) in [6.45, 7) is 0.352. The Bertz CT molecular complexity index is 672. The van der Waals surface area contributed by atoms with Crippen LogP contribution in [-0.2, 0) is 27.6 Å². The van der Waals surface area contributed by atoms with Crippen molar-refractivity contribution in [2.45, 2.75) is 31.2 Å². The van der Waals surface area contributed by atoms with Gasteiger partial charge in [0.2, 0.25) is 0 Å². The highest BCUT2D eigenvalue weighted by Gasteiger charge is 2.45. The molecule has 0 saturated carbocycles. The Kier molecular flexibility index (Phi) is 3.51. The number of carboxylic acids is 1. The number of benzene rings is 1. The van der Waals surface area contributed by atoms with Gasteiger partial charge in [0.15, 0.2) is 9.84 Å². The molecule has 3 unspecified atom stereocenters. The van der Waals surface area contributed by atoms with E-state index in [0.717, 1.165) is 11.1 Å². The van der Waals surface area contributed by atoms with E-state index in [1.54, 1.807) is 4.90 Å². The lowest BCUT2D eigenvalue weighted by Crippen LogP contribution is -2.54. The molecule has 1 fully saturated rings. The highest BCUT2D eigenvalue weighted by Crippen LogP contribution is 2.29. The van der Waals surface area contributed by atoms with Crippen molar-refractivity contribution in [3.63, 3.8) is 0 Å². The first kappa shape index (κ1) is 14.5. The van der Waals surface area contributed by atoms with Crippen LogP contribution >= 0.6 is 0 Å². The van der Waals surface area contributed by atoms with Crippen molar-refractivity contribution in [1.29, 1.82) is 0 Å². The summed E-state index contributed by atoms with van der Waals surface area (Å²) >= 11 is 0. The van der Waals surface area contributed by atoms with E-state index in [1.807, 2.05) is 24.3 Å². The number of aliphatic hydroxyl groups excluding tert-OH is 1. The topological polar surface area (TPSA) is 94.9 Å². The Balaban J connectivity index is 1.95. The van der Waals surface area contributed by atoms with Gasteiger partial charge in [-0.3, -0.25) is 9.69 Å². The normalized spacial score (nSPS) is 31.8. The second-order valence-corrected chi connectivity index (χ2v) is 7.86. The Morgan fingerprint density at radius 2 is 1.86 bits per heavy atom. The van der Waals surface area contributed by atoms with Crippen molar-refractivity contribution >= 4 is 15.8 Å². The van der Waals surface area contributed by atoms with Crippen LogP contribution in [0.5, 0.6) is 0 Å². The van der Waals surface area contributed by atoms with Crippen molar-refractivity contribution in [3.8, 4) is 0 Å². The van der Waals surface area contributed by atoms with E-state index in [-0.39, 0.29) is 11.5 Å². The summed E-state index contributed by atoms with van der Waals surface area (Å²) in [5.74, 6) is -1.46. The molecule has 0 radical (unpaired) electrons. The van der Waals surface area contributed by atoms with Gasteiger partial charge in [0.05, 0.1) is 23.7 Å². The van der Waals surface area contributed by atoms with Crippen LogP contribution in [0.4, 0.5) is 0 Å². The van der Waals surface area contributed by atoms with Gasteiger partial charge in [0.25, 0.3) is 0 Å². The van der Waals surface area contributed by atoms with Gasteiger partial charge in [0.1, 0.15) is 6.04 Å². The number of hydrogen-bond acceptors (Lipinski definition) is 5. The Morgan fingerprint density at radius 1 is 1.19 bits per heavy atom. The maximum atomic E-state index is 11.7. The Hall–Kier alpha value is -1.44. The Morgan fingerprint density at radius 3 is 2.43 bits per heavy atom. The van der Waals surface area contributed by atoms with Crippen LogP contribution in [-0.4, -0.2) is 59.2 Å². The molecule has 114 valence electrons. The van der Waals surface area contributed by atoms with Gasteiger partial charge in [-0.15, -0.1) is 0 Å². The third-order valence-corrected chi connectivity index (χ3v) is 5.99. The lowest BCUT2D eigenvalue weighted by atomic mass is 9.92. The maximum Gasteiger partial charge on any atom is 0.321 e. The molecule has 21 heavy (non-hydrogen) atoms. The number of carbonyl (C=O) groups is 1. The average molecular weight is 311 g/mol. The molecule has 1 aromatic rings. The SMILES string of the molecule is O=C(O)C1Cc2ccccc2CN1C1CS(=O)(=O)CC1O. The fourth-order valence-corrected chi connectivity index (χ4v) is 5.06. The first-order valence-corrected chi connectivity index (χ1v) is 8.63. The van der Waals surface area contributed by atoms with Gasteiger partial charge < -0.3 is 10.2 Å². The van der Waals surface area contributed by atoms with Gasteiger partial charge >= 0.3 is 5.97 Å². The highest BCUT2D eigenvalue weighted by molar-refractivity contribution is 7.91. The van der Waals surface area contributed by atoms with Gasteiger partial charge in [-0.05, 0) is 17.5 Å². The van der Waals surface area contributed by atoms with Crippen LogP contribution in [0, 0.1) is 0 Å². The minimum atomic E-state index is -3.31. The monoisotopic (exact) mass is 311 g/mol. The van der Waals surface area contributed by atoms with Crippen LogP contribution in [0.25, 0.3) is 0 Å². The van der Waals surface area contributed by atoms with E-state index in [1.165, 1.54) is 0 Å². The predicted molar refractivity (Wildman–Crippen MR) is 75.6 cm³/mol. The highest BCUT2D eigenvalue weighted by atomic mass is 32.2. The summed E-state index contributed by atoms with van der Waals surface area (Å²) in [7, 11) is -3.31. The van der Waals surface area contributed by atoms with Crippen LogP contribution in [0.1, 0.15) is 11.1 Å². The van der Waals surface area contributed by atoms with Crippen molar-refractivity contribution in [2.24, 2.45) is 0 Å². The zero-order valence-electron chi connectivity index (χ0n) is 11.3. The molecule has 0 spiro atoms. The van der Waals surface area contributed by atoms with Gasteiger partial charge in [0, 0.05) is 6.54 Å². The van der Waals surface area contributed by atoms with Gasteiger partial charge in [-0.2, -0.15) is 0 Å². The van der Waals surface area contributed by atoms with E-state index < -0.39 is 34.0 Å². The van der Waals surface area contributed by atoms with E-state index in [2.05, 4.69) is 0 Å². The number of sulfone groups is 1. The van der Waals surface area contributed by atoms with Crippen molar-refractivity contribution in [3.05, 3.63) is 35.4 Å². The second kappa shape index (κ2) is 5.08. The van der Waals surface area contributed by atoms with Gasteiger partial charge in [-0.1, -0.05) is 24.3 Å². The largest absolute Gasteiger partial charge is 0.480 e. The number of aliphatic carboxylic acids is 1. The zero-order chi connectivity index (χ0) is 15.2. The third-order valence-electron chi connectivity index (χ3n) is 4.29. The molecule has 3 atom stereocenters. The molecular weight excluding hydrogens is 294 g/mol. The molecule has 3 rings (SSSR count). The number of fused-ring (bicyclic) bond motifs is 1. The summed E-state index contributed by atoms with van der Waals surface area (Å²) in [5.41, 5.74) is 1.96. The van der Waals surface area contributed by atoms with Crippen LogP contribution in [0.3, 0.4) is 0 Å². The number of rotatable bonds is 2. The van der Waals surface area contributed by atoms with Crippen LogP contribution in [0.2, 0.25) is 0 Å². The molecule has 0 bridgehead atoms. The summed E-state index contributed by atoms with van der Waals surface area (Å²) in [5, 5.41) is 19.4. The van der Waals surface area contributed by atoms with Crippen LogP contribution in [0.15, 0.2) is 24.3 Å². The number of nitrogens with zero attached hydrogens (tertiary/aromatic N) is 1. The van der Waals surface area contributed by atoms with E-state index >= 15 is 0 Å². The fourth-order valence-electron chi connectivity index (χ4n) is 3.25. The zero-order valence-corrected chi connectivity index (χ0v) is 12.2. The predicted octanol–water partition coefficient (Wildman–Crippen LogP) is -0.344. The van der Waals surface area contributed by atoms with E-state index in [0.29, 0.717) is 13.0 Å².